The highest BCUT2D eigenvalue weighted by atomic mass is 16.5. The van der Waals surface area contributed by atoms with E-state index in [1.54, 1.807) is 14.7 Å². The highest BCUT2D eigenvalue weighted by Gasteiger charge is 2.76. The summed E-state index contributed by atoms with van der Waals surface area (Å²) in [6.45, 7) is 12.6. The number of hydrogen-bond acceptors (Lipinski definition) is 6. The van der Waals surface area contributed by atoms with Crippen LogP contribution < -0.4 is 9.64 Å². The molecule has 0 radical (unpaired) electrons. The second-order valence-electron chi connectivity index (χ2n) is 12.1. The van der Waals surface area contributed by atoms with Crippen molar-refractivity contribution in [3.8, 4) is 5.75 Å². The number of anilines is 1. The molecule has 2 fully saturated rings. The minimum atomic E-state index is -1.34. The second kappa shape index (κ2) is 10.9. The van der Waals surface area contributed by atoms with Crippen LogP contribution >= 0.6 is 0 Å². The normalized spacial score (nSPS) is 31.9. The second-order valence-corrected chi connectivity index (χ2v) is 12.1. The maximum absolute atomic E-state index is 14.6. The average Bonchev–Trinajstić information content (AvgIpc) is 3.22. The highest BCUT2D eigenvalue weighted by Crippen LogP contribution is 2.59. The van der Waals surface area contributed by atoms with Crippen LogP contribution in [0.2, 0.25) is 0 Å². The Morgan fingerprint density at radius 1 is 0.951 bits per heavy atom. The van der Waals surface area contributed by atoms with Gasteiger partial charge in [0.25, 0.3) is 0 Å². The fourth-order valence-electron chi connectivity index (χ4n) is 7.28. The Morgan fingerprint density at radius 2 is 1.63 bits per heavy atom. The summed E-state index contributed by atoms with van der Waals surface area (Å²) in [5.41, 5.74) is -1.71. The molecule has 0 saturated carbocycles. The number of fused-ring (bicyclic) bond motifs is 2. The van der Waals surface area contributed by atoms with Crippen LogP contribution in [-0.4, -0.2) is 88.3 Å². The molecule has 1 unspecified atom stereocenters. The predicted octanol–water partition coefficient (Wildman–Crippen LogP) is 3.17. The standard InChI is InChI=1S/C32H43N3O6/c1-7-31-15-9-18-34(22-11-13-23(14-12-22)40-8-2)28(37)25(31)26-29(38)35(24(19-36)20(3)4)27-30(39)33(21(5)6)17-10-16-32(26,27)41-31/h9-16,20-21,24-27,36H,7-8,17-19H2,1-6H3/t24-,25-,26-,27?,31+,32-/m0/s1. The SMILES string of the molecule is CCOc1ccc(N2CC=C[C@@]3(CC)O[C@]45C=CCN(C(C)C)C(=O)C4N([C@@H](CO)C(C)C)C(=O)[C@@H]5[C@H]3C2=O)cc1. The molecule has 2 saturated heterocycles. The number of ether oxygens (including phenoxy) is 2. The fourth-order valence-corrected chi connectivity index (χ4v) is 7.28. The molecule has 5 rings (SSSR count). The molecule has 4 aliphatic heterocycles. The molecule has 9 heteroatoms. The van der Waals surface area contributed by atoms with Gasteiger partial charge in [-0.2, -0.15) is 0 Å². The van der Waals surface area contributed by atoms with E-state index in [0.717, 1.165) is 0 Å². The summed E-state index contributed by atoms with van der Waals surface area (Å²) >= 11 is 0. The number of rotatable bonds is 8. The van der Waals surface area contributed by atoms with Gasteiger partial charge in [0.05, 0.1) is 36.7 Å². The Labute approximate surface area is 242 Å². The van der Waals surface area contributed by atoms with Crippen LogP contribution in [0.3, 0.4) is 0 Å². The van der Waals surface area contributed by atoms with Crippen molar-refractivity contribution in [2.45, 2.75) is 77.3 Å². The van der Waals surface area contributed by atoms with Crippen LogP contribution in [0.15, 0.2) is 48.6 Å². The van der Waals surface area contributed by atoms with E-state index in [9.17, 15) is 19.5 Å². The van der Waals surface area contributed by atoms with Crippen LogP contribution in [0, 0.1) is 17.8 Å². The molecule has 4 heterocycles. The van der Waals surface area contributed by atoms with Crippen molar-refractivity contribution in [3.63, 3.8) is 0 Å². The van der Waals surface area contributed by atoms with Gasteiger partial charge in [-0.25, -0.2) is 0 Å². The van der Waals surface area contributed by atoms with Gasteiger partial charge in [-0.05, 0) is 57.4 Å². The van der Waals surface area contributed by atoms with Crippen LogP contribution in [0.1, 0.15) is 48.0 Å². The van der Waals surface area contributed by atoms with Crippen molar-refractivity contribution in [1.82, 2.24) is 9.80 Å². The number of likely N-dealkylation sites (tertiary alicyclic amines) is 1. The lowest BCUT2D eigenvalue weighted by molar-refractivity contribution is -0.157. The summed E-state index contributed by atoms with van der Waals surface area (Å²) in [4.78, 5) is 48.6. The summed E-state index contributed by atoms with van der Waals surface area (Å²) < 4.78 is 12.6. The van der Waals surface area contributed by atoms with Gasteiger partial charge in [0.15, 0.2) is 0 Å². The molecule has 222 valence electrons. The third-order valence-electron chi connectivity index (χ3n) is 9.31. The topological polar surface area (TPSA) is 99.6 Å². The lowest BCUT2D eigenvalue weighted by Crippen LogP contribution is -2.60. The summed E-state index contributed by atoms with van der Waals surface area (Å²) in [7, 11) is 0. The monoisotopic (exact) mass is 565 g/mol. The average molecular weight is 566 g/mol. The quantitative estimate of drug-likeness (QED) is 0.486. The van der Waals surface area contributed by atoms with E-state index in [1.165, 1.54) is 0 Å². The summed E-state index contributed by atoms with van der Waals surface area (Å²) in [5.74, 6) is -1.93. The molecular formula is C32H43N3O6. The lowest BCUT2D eigenvalue weighted by atomic mass is 9.73. The van der Waals surface area contributed by atoms with Gasteiger partial charge in [-0.1, -0.05) is 45.1 Å². The van der Waals surface area contributed by atoms with Crippen molar-refractivity contribution in [1.29, 1.82) is 0 Å². The summed E-state index contributed by atoms with van der Waals surface area (Å²) in [6.07, 6.45) is 8.09. The van der Waals surface area contributed by atoms with E-state index >= 15 is 0 Å². The van der Waals surface area contributed by atoms with Crippen molar-refractivity contribution in [2.75, 3.05) is 31.2 Å². The van der Waals surface area contributed by atoms with E-state index in [4.69, 9.17) is 9.47 Å². The molecule has 1 aromatic rings. The zero-order valence-electron chi connectivity index (χ0n) is 24.9. The van der Waals surface area contributed by atoms with Gasteiger partial charge in [-0.15, -0.1) is 0 Å². The minimum Gasteiger partial charge on any atom is -0.494 e. The van der Waals surface area contributed by atoms with Crippen molar-refractivity contribution in [3.05, 3.63) is 48.6 Å². The van der Waals surface area contributed by atoms with E-state index in [-0.39, 0.29) is 36.3 Å². The van der Waals surface area contributed by atoms with Gasteiger partial charge in [0.2, 0.25) is 17.7 Å². The molecule has 4 aliphatic rings. The Bertz CT molecular complexity index is 1240. The van der Waals surface area contributed by atoms with E-state index in [1.807, 2.05) is 90.1 Å². The molecule has 1 aromatic carbocycles. The molecule has 1 spiro atoms. The number of carbonyl (C=O) groups is 3. The van der Waals surface area contributed by atoms with Crippen molar-refractivity contribution < 1.29 is 29.0 Å². The van der Waals surface area contributed by atoms with Gasteiger partial charge in [0, 0.05) is 24.8 Å². The van der Waals surface area contributed by atoms with Gasteiger partial charge in [0.1, 0.15) is 17.4 Å². The number of amides is 3. The molecule has 6 atom stereocenters. The number of nitrogens with zero attached hydrogens (tertiary/aromatic N) is 3. The van der Waals surface area contributed by atoms with Crippen LogP contribution in [0.5, 0.6) is 5.75 Å². The largest absolute Gasteiger partial charge is 0.494 e. The maximum atomic E-state index is 14.6. The zero-order chi connectivity index (χ0) is 29.7. The number of aliphatic hydroxyl groups excluding tert-OH is 1. The minimum absolute atomic E-state index is 0.103. The van der Waals surface area contributed by atoms with Gasteiger partial charge >= 0.3 is 0 Å². The number of carbonyl (C=O) groups excluding carboxylic acids is 3. The molecule has 1 N–H and O–H groups in total. The third kappa shape index (κ3) is 4.39. The highest BCUT2D eigenvalue weighted by molar-refractivity contribution is 6.04. The van der Waals surface area contributed by atoms with Crippen LogP contribution in [0.25, 0.3) is 0 Å². The Hall–Kier alpha value is -3.17. The van der Waals surface area contributed by atoms with Gasteiger partial charge < -0.3 is 29.3 Å². The molecule has 3 amide bonds. The van der Waals surface area contributed by atoms with E-state index in [0.29, 0.717) is 37.6 Å². The maximum Gasteiger partial charge on any atom is 0.249 e. The summed E-state index contributed by atoms with van der Waals surface area (Å²) in [6, 6.07) is 5.68. The van der Waals surface area contributed by atoms with Crippen LogP contribution in [0.4, 0.5) is 5.69 Å². The Kier molecular flexibility index (Phi) is 7.80. The van der Waals surface area contributed by atoms with E-state index < -0.39 is 35.1 Å². The Morgan fingerprint density at radius 3 is 2.22 bits per heavy atom. The first-order valence-corrected chi connectivity index (χ1v) is 14.9. The molecule has 0 bridgehead atoms. The number of benzene rings is 1. The van der Waals surface area contributed by atoms with Crippen LogP contribution in [-0.2, 0) is 19.1 Å². The summed E-state index contributed by atoms with van der Waals surface area (Å²) in [5, 5.41) is 10.5. The van der Waals surface area contributed by atoms with Crippen molar-refractivity contribution in [2.24, 2.45) is 17.8 Å². The lowest BCUT2D eigenvalue weighted by Gasteiger charge is -2.42. The van der Waals surface area contributed by atoms with Crippen molar-refractivity contribution >= 4 is 23.4 Å². The Balaban J connectivity index is 1.66. The molecule has 9 nitrogen and oxygen atoms in total. The molecular weight excluding hydrogens is 522 g/mol. The number of aliphatic hydroxyl groups is 1. The smallest absolute Gasteiger partial charge is 0.249 e. The first-order chi connectivity index (χ1) is 19.6. The first kappa shape index (κ1) is 29.3. The zero-order valence-corrected chi connectivity index (χ0v) is 24.9. The third-order valence-corrected chi connectivity index (χ3v) is 9.31. The fraction of sp³-hybridized carbons (Fsp3) is 0.594. The van der Waals surface area contributed by atoms with Gasteiger partial charge in [-0.3, -0.25) is 14.4 Å². The first-order valence-electron chi connectivity index (χ1n) is 14.9. The molecule has 41 heavy (non-hydrogen) atoms. The van der Waals surface area contributed by atoms with E-state index in [2.05, 4.69) is 0 Å². The number of hydrogen-bond donors (Lipinski definition) is 1. The molecule has 0 aromatic heterocycles. The molecule has 0 aliphatic carbocycles. The predicted molar refractivity (Wildman–Crippen MR) is 155 cm³/mol.